The number of rotatable bonds is 18. The van der Waals surface area contributed by atoms with Crippen LogP contribution >= 0.6 is 0 Å². The van der Waals surface area contributed by atoms with Gasteiger partial charge in [-0.25, -0.2) is 4.79 Å². The van der Waals surface area contributed by atoms with Gasteiger partial charge in [-0.3, -0.25) is 24.0 Å². The van der Waals surface area contributed by atoms with Crippen molar-refractivity contribution in [2.24, 2.45) is 36.6 Å². The molecule has 1 aromatic carbocycles. The van der Waals surface area contributed by atoms with E-state index in [-0.39, 0.29) is 32.0 Å². The lowest BCUT2D eigenvalue weighted by atomic mass is 9.84. The van der Waals surface area contributed by atoms with Crippen molar-refractivity contribution >= 4 is 35.9 Å². The quantitative estimate of drug-likeness (QED) is 0.0464. The van der Waals surface area contributed by atoms with Gasteiger partial charge in [-0.1, -0.05) is 74.9 Å². The number of ether oxygens (including phenoxy) is 9. The van der Waals surface area contributed by atoms with E-state index in [1.165, 1.54) is 6.92 Å². The average Bonchev–Trinajstić information content (AvgIpc) is 3.52. The van der Waals surface area contributed by atoms with Crippen LogP contribution in [0.15, 0.2) is 61.0 Å². The summed E-state index contributed by atoms with van der Waals surface area (Å²) in [6, 6.07) is 3.25. The molecule has 1 amide bonds. The maximum Gasteiger partial charge on any atom is 0.407 e. The number of esters is 5. The third-order valence-corrected chi connectivity index (χ3v) is 12.4. The Labute approximate surface area is 456 Å². The van der Waals surface area contributed by atoms with Gasteiger partial charge in [0.25, 0.3) is 0 Å². The molecule has 0 bridgehead atoms. The second-order valence-electron chi connectivity index (χ2n) is 18.6. The number of aliphatic hydroxyl groups is 1. The van der Waals surface area contributed by atoms with E-state index < -0.39 is 134 Å². The molecule has 434 valence electrons. The lowest BCUT2D eigenvalue weighted by molar-refractivity contribution is -0.260. The van der Waals surface area contributed by atoms with Crippen LogP contribution in [0.3, 0.4) is 0 Å². The summed E-state index contributed by atoms with van der Waals surface area (Å²) >= 11 is 0. The van der Waals surface area contributed by atoms with Crippen LogP contribution in [0.5, 0.6) is 0 Å². The Morgan fingerprint density at radius 1 is 0.537 bits per heavy atom. The van der Waals surface area contributed by atoms with Crippen molar-refractivity contribution in [3.63, 3.8) is 0 Å². The Balaban J connectivity index is 0.000000374. The zero-order valence-corrected chi connectivity index (χ0v) is 44.8. The Morgan fingerprint density at radius 3 is 1.43 bits per heavy atom. The Morgan fingerprint density at radius 2 is 0.938 bits per heavy atom. The third kappa shape index (κ3) is 21.1. The predicted octanol–water partition coefficient (Wildman–Crippen LogP) is 7.86. The summed E-state index contributed by atoms with van der Waals surface area (Å²) in [6.45, 7) is 11.6. The fraction of sp³-hybridized carbons (Fsp3) is 0.733. The van der Waals surface area contributed by atoms with E-state index in [1.54, 1.807) is 6.92 Å². The zero-order chi connectivity index (χ0) is 59.5. The summed E-state index contributed by atoms with van der Waals surface area (Å²) in [6.07, 6.45) is -9.01. The van der Waals surface area contributed by atoms with Gasteiger partial charge >= 0.3 is 35.9 Å². The van der Waals surface area contributed by atoms with Gasteiger partial charge in [0.1, 0.15) is 31.0 Å². The van der Waals surface area contributed by atoms with Crippen molar-refractivity contribution in [1.82, 2.24) is 5.32 Å². The third-order valence-electron chi connectivity index (χ3n) is 12.4. The standard InChI is InChI=1S/C25H32N10O8.C10H14N6O5.C10H17N3O3/c1-13(29-25(38)39-12-16-7-5-4-6-8-16)20-10-9-17(30-33-26)24(42-20)43-22-19(32-35-28)11-18(31-34-27)21(40-14(2)36)23(22)41-15(3)37;1-4(17)20-9-7(14-16-12)3-6(13-15-11)8(19)10(9)21-5(2)18;1-6(2)9-5-4-8(12-13-11)10(16-9)15-7(3)14/h4-8,13,17-24H,9-12H2,1-3H3,(H,29,38);6-10,19H,3H2,1-2H3;6,8-10H,4-5H2,1-3H3/t13-,17+,18-,19+,20+,21+,22-,23-,24-;6-,7+,8+,9-,10-;8?,9-,10?/m100/s1. The minimum absolute atomic E-state index is 0.0367. The fourth-order valence-corrected chi connectivity index (χ4v) is 8.92. The highest BCUT2D eigenvalue weighted by atomic mass is 16.7. The number of hydrogen-bond donors (Lipinski definition) is 2. The molecule has 2 unspecified atom stereocenters. The van der Waals surface area contributed by atoms with Crippen LogP contribution in [-0.4, -0.2) is 145 Å². The van der Waals surface area contributed by atoms with E-state index in [2.05, 4.69) is 65.5 Å². The second kappa shape index (κ2) is 33.7. The molecule has 2 saturated heterocycles. The van der Waals surface area contributed by atoms with E-state index in [4.69, 9.17) is 70.3 Å². The molecule has 2 aliphatic carbocycles. The molecule has 35 nitrogen and oxygen atoms in total. The van der Waals surface area contributed by atoms with E-state index in [0.29, 0.717) is 18.8 Å². The summed E-state index contributed by atoms with van der Waals surface area (Å²) in [4.78, 5) is 86.1. The van der Waals surface area contributed by atoms with Crippen LogP contribution < -0.4 is 5.32 Å². The number of amides is 1. The zero-order valence-electron chi connectivity index (χ0n) is 44.8. The molecule has 4 fully saturated rings. The molecule has 17 atom stereocenters. The van der Waals surface area contributed by atoms with Crippen LogP contribution in [0.2, 0.25) is 0 Å². The van der Waals surface area contributed by atoms with Crippen molar-refractivity contribution < 1.29 is 76.5 Å². The van der Waals surface area contributed by atoms with Crippen molar-refractivity contribution in [3.05, 3.63) is 98.6 Å². The molecule has 0 radical (unpaired) electrons. The van der Waals surface area contributed by atoms with Gasteiger partial charge in [0.05, 0.1) is 54.5 Å². The van der Waals surface area contributed by atoms with E-state index >= 15 is 0 Å². The van der Waals surface area contributed by atoms with Gasteiger partial charge in [-0.2, -0.15) is 0 Å². The molecular formula is C45H63N19O16. The normalized spacial score (nSPS) is 29.6. The van der Waals surface area contributed by atoms with Crippen molar-refractivity contribution in [1.29, 1.82) is 0 Å². The van der Waals surface area contributed by atoms with E-state index in [0.717, 1.165) is 39.7 Å². The molecule has 0 aromatic heterocycles. The topological polar surface area (TPSA) is 510 Å². The molecule has 4 aliphatic rings. The first-order valence-corrected chi connectivity index (χ1v) is 24.8. The van der Waals surface area contributed by atoms with Gasteiger partial charge in [0.2, 0.25) is 6.29 Å². The highest BCUT2D eigenvalue weighted by Crippen LogP contribution is 2.36. The number of benzene rings is 1. The molecule has 0 spiro atoms. The first-order valence-electron chi connectivity index (χ1n) is 24.8. The number of nitrogens with zero attached hydrogens (tertiary/aromatic N) is 18. The Kier molecular flexibility index (Phi) is 27.8. The van der Waals surface area contributed by atoms with Crippen molar-refractivity contribution in [3.8, 4) is 0 Å². The largest absolute Gasteiger partial charge is 0.458 e. The molecule has 2 heterocycles. The first-order chi connectivity index (χ1) is 38.1. The predicted molar refractivity (Wildman–Crippen MR) is 272 cm³/mol. The van der Waals surface area contributed by atoms with Crippen LogP contribution in [-0.2, 0) is 73.2 Å². The second-order valence-corrected chi connectivity index (χ2v) is 18.6. The SMILES string of the molecule is CC(=O)OC1O[C@H](C(C)C)CCC1N=[N+]=[N-].CC(=O)O[C@@H]1[C@@H](OC(C)=O)[C@H](N=[N+]=[N-])C[C@H](N=[N+]=[N-])[C@H]1O[C@H]1O[C@H]([C@@H](C)NC(=O)OCc2ccccc2)CC[C@@H]1N=[N+]=[N-].CC(=O)O[C@@H]1[C@@H](OC(C)=O)[C@H](O)[C@@H](N=[N+]=[N-])C[C@H]1N=[N+]=[N-]. The van der Waals surface area contributed by atoms with Crippen LogP contribution in [0.25, 0.3) is 62.7 Å². The van der Waals surface area contributed by atoms with Gasteiger partial charge in [-0.05, 0) is 90.1 Å². The van der Waals surface area contributed by atoms with E-state index in [9.17, 15) is 39.4 Å². The number of hydrogen-bond acceptors (Lipinski definition) is 22. The number of alkyl carbamates (subject to hydrolysis) is 1. The molecule has 2 saturated carbocycles. The van der Waals surface area contributed by atoms with Gasteiger partial charge < -0.3 is 53.1 Å². The highest BCUT2D eigenvalue weighted by molar-refractivity contribution is 5.69. The first kappa shape index (κ1) is 65.8. The highest BCUT2D eigenvalue weighted by Gasteiger charge is 2.52. The van der Waals surface area contributed by atoms with Crippen molar-refractivity contribution in [2.45, 2.75) is 204 Å². The summed E-state index contributed by atoms with van der Waals surface area (Å²) < 4.78 is 49.0. The van der Waals surface area contributed by atoms with Gasteiger partial charge in [0, 0.05) is 64.1 Å². The maximum absolute atomic E-state index is 12.4. The Bertz CT molecular complexity index is 2580. The van der Waals surface area contributed by atoms with Gasteiger partial charge in [0.15, 0.2) is 18.5 Å². The summed E-state index contributed by atoms with van der Waals surface area (Å²) in [5, 5.41) is 34.4. The van der Waals surface area contributed by atoms with Gasteiger partial charge in [-0.15, -0.1) is 0 Å². The fourth-order valence-electron chi connectivity index (χ4n) is 8.92. The number of azide groups is 6. The average molecular weight is 1130 g/mol. The van der Waals surface area contributed by atoms with Crippen LogP contribution in [0, 0.1) is 5.92 Å². The molecule has 2 aliphatic heterocycles. The van der Waals surface area contributed by atoms with Crippen molar-refractivity contribution in [2.75, 3.05) is 0 Å². The monoisotopic (exact) mass is 1130 g/mol. The lowest BCUT2D eigenvalue weighted by Crippen LogP contribution is -2.60. The lowest BCUT2D eigenvalue weighted by Gasteiger charge is -2.45. The molecular weight excluding hydrogens is 1060 g/mol. The summed E-state index contributed by atoms with van der Waals surface area (Å²) in [5.74, 6) is -3.01. The van der Waals surface area contributed by atoms with E-state index in [1.807, 2.05) is 44.2 Å². The molecule has 2 N–H and O–H groups in total. The molecule has 80 heavy (non-hydrogen) atoms. The number of aliphatic hydroxyl groups excluding tert-OH is 1. The number of nitrogens with one attached hydrogen (secondary N) is 1. The smallest absolute Gasteiger partial charge is 0.407 e. The molecule has 5 rings (SSSR count). The maximum atomic E-state index is 12.4. The molecule has 35 heteroatoms. The van der Waals surface area contributed by atoms with Crippen LogP contribution in [0.4, 0.5) is 4.79 Å². The minimum atomic E-state index is -1.39. The minimum Gasteiger partial charge on any atom is -0.458 e. The number of carbonyl (C=O) groups is 6. The molecule has 1 aromatic rings. The van der Waals surface area contributed by atoms with Crippen LogP contribution in [0.1, 0.15) is 99.5 Å². The Hall–Kier alpha value is -8.46. The summed E-state index contributed by atoms with van der Waals surface area (Å²) in [5.41, 5.74) is 53.8. The number of carbonyl (C=O) groups excluding carboxylic acids is 6. The summed E-state index contributed by atoms with van der Waals surface area (Å²) in [7, 11) is 0.